The van der Waals surface area contributed by atoms with Gasteiger partial charge >= 0.3 is 11.9 Å². The van der Waals surface area contributed by atoms with Crippen LogP contribution in [-0.4, -0.2) is 34.8 Å². The first-order valence-corrected chi connectivity index (χ1v) is 7.74. The summed E-state index contributed by atoms with van der Waals surface area (Å²) < 4.78 is 38.1. The fourth-order valence-corrected chi connectivity index (χ4v) is 2.04. The third-order valence-corrected chi connectivity index (χ3v) is 3.48. The van der Waals surface area contributed by atoms with Gasteiger partial charge in [0.2, 0.25) is 5.76 Å². The molecule has 0 aromatic heterocycles. The van der Waals surface area contributed by atoms with Gasteiger partial charge in [-0.1, -0.05) is 48.5 Å². The number of rotatable bonds is 8. The maximum atomic E-state index is 14.2. The molecule has 7 heteroatoms. The summed E-state index contributed by atoms with van der Waals surface area (Å²) in [5.41, 5.74) is 0.772. The van der Waals surface area contributed by atoms with Crippen LogP contribution in [0.3, 0.4) is 0 Å². The summed E-state index contributed by atoms with van der Waals surface area (Å²) in [7, 11) is 0. The van der Waals surface area contributed by atoms with Crippen LogP contribution in [0.2, 0.25) is 0 Å². The van der Waals surface area contributed by atoms with E-state index in [4.69, 9.17) is 14.6 Å². The van der Waals surface area contributed by atoms with Gasteiger partial charge in [0.15, 0.2) is 6.10 Å². The molecule has 2 aromatic carbocycles. The van der Waals surface area contributed by atoms with Gasteiger partial charge in [0.05, 0.1) is 5.56 Å². The molecule has 2 rings (SSSR count). The maximum absolute atomic E-state index is 14.2. The number of aliphatic hydroxyl groups excluding tert-OH is 2. The van der Waals surface area contributed by atoms with E-state index in [1.54, 1.807) is 48.5 Å². The summed E-state index contributed by atoms with van der Waals surface area (Å²) in [6.07, 6.45) is -2.30. The lowest BCUT2D eigenvalue weighted by molar-refractivity contribution is -0.131. The van der Waals surface area contributed by atoms with Crippen molar-refractivity contribution in [3.8, 4) is 0 Å². The zero-order chi connectivity index (χ0) is 19.0. The molecule has 0 spiro atoms. The molecule has 0 aliphatic rings. The Morgan fingerprint density at radius 3 is 2.19 bits per heavy atom. The Hall–Kier alpha value is -2.93. The van der Waals surface area contributed by atoms with E-state index in [-0.39, 0.29) is 18.4 Å². The van der Waals surface area contributed by atoms with Crippen LogP contribution in [0, 0.1) is 0 Å². The molecule has 0 fully saturated rings. The van der Waals surface area contributed by atoms with Gasteiger partial charge in [-0.2, -0.15) is 8.78 Å². The Morgan fingerprint density at radius 1 is 1.04 bits per heavy atom. The van der Waals surface area contributed by atoms with Crippen LogP contribution in [0.4, 0.5) is 8.78 Å². The normalized spacial score (nSPS) is 13.1. The van der Waals surface area contributed by atoms with Crippen molar-refractivity contribution in [3.63, 3.8) is 0 Å². The minimum atomic E-state index is -3.94. The number of ether oxygens (including phenoxy) is 2. The Labute approximate surface area is 149 Å². The zero-order valence-electron chi connectivity index (χ0n) is 13.7. The molecule has 0 radical (unpaired) electrons. The van der Waals surface area contributed by atoms with Crippen LogP contribution < -0.4 is 0 Å². The number of carbonyl (C=O) groups excluding carboxylic acids is 1. The molecule has 5 nitrogen and oxygen atoms in total. The summed E-state index contributed by atoms with van der Waals surface area (Å²) in [4.78, 5) is 11.8. The average Bonchev–Trinajstić information content (AvgIpc) is 2.67. The van der Waals surface area contributed by atoms with Gasteiger partial charge in [0.1, 0.15) is 19.5 Å². The minimum absolute atomic E-state index is 0.0885. The molecule has 0 amide bonds. The molecule has 2 N–H and O–H groups in total. The quantitative estimate of drug-likeness (QED) is 0.554. The molecule has 1 atom stereocenters. The first-order valence-electron chi connectivity index (χ1n) is 7.74. The van der Waals surface area contributed by atoms with Gasteiger partial charge in [0, 0.05) is 0 Å². The summed E-state index contributed by atoms with van der Waals surface area (Å²) in [5.74, 6) is -5.91. The fraction of sp³-hybridized carbons (Fsp3) is 0.211. The molecular formula is C19H18F2O5. The summed E-state index contributed by atoms with van der Waals surface area (Å²) in [6, 6.07) is 16.2. The third kappa shape index (κ3) is 5.03. The van der Waals surface area contributed by atoms with E-state index in [2.05, 4.69) is 0 Å². The summed E-state index contributed by atoms with van der Waals surface area (Å²) >= 11 is 0. The van der Waals surface area contributed by atoms with Crippen LogP contribution in [0.1, 0.15) is 15.9 Å². The second-order valence-corrected chi connectivity index (χ2v) is 5.37. The van der Waals surface area contributed by atoms with Crippen molar-refractivity contribution in [2.24, 2.45) is 0 Å². The van der Waals surface area contributed by atoms with Crippen molar-refractivity contribution in [3.05, 3.63) is 83.8 Å². The SMILES string of the molecule is O=C(OC[C@@H](O)C(F)(F)/C(=C/O)OCc1ccccc1)c1ccccc1. The van der Waals surface area contributed by atoms with E-state index in [0.29, 0.717) is 5.56 Å². The second-order valence-electron chi connectivity index (χ2n) is 5.37. The molecule has 0 unspecified atom stereocenters. The fourth-order valence-electron chi connectivity index (χ4n) is 2.04. The first kappa shape index (κ1) is 19.4. The Morgan fingerprint density at radius 2 is 1.62 bits per heavy atom. The molecule has 0 aliphatic carbocycles. The maximum Gasteiger partial charge on any atom is 0.338 e. The number of aliphatic hydroxyl groups is 2. The van der Waals surface area contributed by atoms with Crippen LogP contribution in [0.5, 0.6) is 0 Å². The number of carbonyl (C=O) groups is 1. The van der Waals surface area contributed by atoms with Gasteiger partial charge in [-0.05, 0) is 17.7 Å². The molecule has 0 saturated carbocycles. The Balaban J connectivity index is 1.94. The van der Waals surface area contributed by atoms with Gasteiger partial charge in [-0.15, -0.1) is 0 Å². The van der Waals surface area contributed by atoms with Gasteiger partial charge < -0.3 is 19.7 Å². The highest BCUT2D eigenvalue weighted by Gasteiger charge is 2.45. The van der Waals surface area contributed by atoms with Crippen LogP contribution in [0.15, 0.2) is 72.7 Å². The molecule has 26 heavy (non-hydrogen) atoms. The van der Waals surface area contributed by atoms with Crippen molar-refractivity contribution < 1.29 is 33.3 Å². The van der Waals surface area contributed by atoms with E-state index in [9.17, 15) is 18.7 Å². The predicted octanol–water partition coefficient (Wildman–Crippen LogP) is 3.46. The van der Waals surface area contributed by atoms with E-state index in [1.165, 1.54) is 12.1 Å². The molecule has 0 bridgehead atoms. The number of alkyl halides is 2. The van der Waals surface area contributed by atoms with Crippen LogP contribution >= 0.6 is 0 Å². The van der Waals surface area contributed by atoms with Crippen molar-refractivity contribution in [1.29, 1.82) is 0 Å². The molecule has 2 aromatic rings. The lowest BCUT2D eigenvalue weighted by Gasteiger charge is -2.24. The minimum Gasteiger partial charge on any atom is -0.512 e. The van der Waals surface area contributed by atoms with E-state index in [1.807, 2.05) is 0 Å². The monoisotopic (exact) mass is 364 g/mol. The van der Waals surface area contributed by atoms with E-state index >= 15 is 0 Å². The van der Waals surface area contributed by atoms with E-state index < -0.39 is 30.4 Å². The summed E-state index contributed by atoms with van der Waals surface area (Å²) in [5, 5.41) is 18.8. The molecule has 0 saturated heterocycles. The molecular weight excluding hydrogens is 346 g/mol. The van der Waals surface area contributed by atoms with E-state index in [0.717, 1.165) is 0 Å². The highest BCUT2D eigenvalue weighted by atomic mass is 19.3. The van der Waals surface area contributed by atoms with Crippen molar-refractivity contribution in [2.45, 2.75) is 18.6 Å². The zero-order valence-corrected chi connectivity index (χ0v) is 13.7. The number of hydrogen-bond acceptors (Lipinski definition) is 5. The standard InChI is InChI=1S/C19H18F2O5/c20-19(21,17(11-22)25-12-14-7-3-1-4-8-14)16(23)13-26-18(24)15-9-5-2-6-10-15/h1-11,16,22-23H,12-13H2/b17-11-/t16-/m1/s1. The van der Waals surface area contributed by atoms with Gasteiger partial charge in [-0.25, -0.2) is 4.79 Å². The lowest BCUT2D eigenvalue weighted by atomic mass is 10.1. The van der Waals surface area contributed by atoms with Crippen molar-refractivity contribution in [1.82, 2.24) is 0 Å². The number of hydrogen-bond donors (Lipinski definition) is 2. The van der Waals surface area contributed by atoms with Crippen LogP contribution in [-0.2, 0) is 16.1 Å². The van der Waals surface area contributed by atoms with Gasteiger partial charge in [0.25, 0.3) is 0 Å². The molecule has 0 aliphatic heterocycles. The van der Waals surface area contributed by atoms with Gasteiger partial charge in [-0.3, -0.25) is 0 Å². The highest BCUT2D eigenvalue weighted by Crippen LogP contribution is 2.30. The van der Waals surface area contributed by atoms with Crippen molar-refractivity contribution in [2.75, 3.05) is 6.61 Å². The average molecular weight is 364 g/mol. The largest absolute Gasteiger partial charge is 0.512 e. The molecule has 138 valence electrons. The smallest absolute Gasteiger partial charge is 0.338 e. The molecule has 0 heterocycles. The first-order chi connectivity index (χ1) is 12.4. The topological polar surface area (TPSA) is 76.0 Å². The Bertz CT molecular complexity index is 732. The Kier molecular flexibility index (Phi) is 6.68. The summed E-state index contributed by atoms with van der Waals surface area (Å²) in [6.45, 7) is -1.19. The second kappa shape index (κ2) is 8.96. The van der Waals surface area contributed by atoms with Crippen LogP contribution in [0.25, 0.3) is 0 Å². The number of benzene rings is 2. The third-order valence-electron chi connectivity index (χ3n) is 3.48. The van der Waals surface area contributed by atoms with Crippen molar-refractivity contribution >= 4 is 5.97 Å². The highest BCUT2D eigenvalue weighted by molar-refractivity contribution is 5.89. The lowest BCUT2D eigenvalue weighted by Crippen LogP contribution is -2.40. The number of halogens is 2. The number of esters is 1. The predicted molar refractivity (Wildman–Crippen MR) is 89.6 cm³/mol.